The summed E-state index contributed by atoms with van der Waals surface area (Å²) in [5.74, 6) is -0.502. The van der Waals surface area contributed by atoms with Crippen LogP contribution in [-0.2, 0) is 11.3 Å². The average molecular weight is 346 g/mol. The van der Waals surface area contributed by atoms with Crippen molar-refractivity contribution in [2.75, 3.05) is 5.32 Å². The predicted octanol–water partition coefficient (Wildman–Crippen LogP) is 2.49. The number of carboxylic acids is 1. The Morgan fingerprint density at radius 1 is 1.23 bits per heavy atom. The first-order valence-electron chi connectivity index (χ1n) is 7.48. The van der Waals surface area contributed by atoms with Crippen molar-refractivity contribution in [3.05, 3.63) is 46.9 Å². The lowest BCUT2D eigenvalue weighted by atomic mass is 10.1. The van der Waals surface area contributed by atoms with E-state index < -0.39 is 5.97 Å². The summed E-state index contributed by atoms with van der Waals surface area (Å²) >= 11 is 0. The molecule has 2 N–H and O–H groups in total. The summed E-state index contributed by atoms with van der Waals surface area (Å²) in [7, 11) is 0. The molecule has 0 aliphatic heterocycles. The van der Waals surface area contributed by atoms with Gasteiger partial charge in [-0.15, -0.1) is 0 Å². The Labute approximate surface area is 149 Å². The van der Waals surface area contributed by atoms with E-state index in [4.69, 9.17) is 20.9 Å². The van der Waals surface area contributed by atoms with Crippen molar-refractivity contribution in [2.45, 2.75) is 20.4 Å². The van der Waals surface area contributed by atoms with Crippen molar-refractivity contribution in [2.24, 2.45) is 0 Å². The highest BCUT2D eigenvalue weighted by Crippen LogP contribution is 2.25. The molecule has 0 saturated heterocycles. The Bertz CT molecular complexity index is 1010. The smallest absolute Gasteiger partial charge is 0.323 e. The molecule has 0 radical (unpaired) electrons. The number of aromatic nitrogens is 2. The standard InChI is InChI=1S/C18H14N6O2/c1-11-12(2)24(10-17(25)26)18(22-11)13-4-3-5-15(6-13)23-16(9-21)14(7-19)8-20/h3-6,23H,10H2,1-2H3,(H,25,26). The van der Waals surface area contributed by atoms with E-state index in [9.17, 15) is 4.79 Å². The first-order valence-corrected chi connectivity index (χ1v) is 7.48. The van der Waals surface area contributed by atoms with Crippen LogP contribution in [0.15, 0.2) is 35.5 Å². The maximum absolute atomic E-state index is 11.1. The third-order valence-corrected chi connectivity index (χ3v) is 3.73. The molecule has 0 aliphatic rings. The number of imidazole rings is 1. The summed E-state index contributed by atoms with van der Waals surface area (Å²) in [6.07, 6.45) is 0. The maximum Gasteiger partial charge on any atom is 0.323 e. The van der Waals surface area contributed by atoms with Gasteiger partial charge in [-0.25, -0.2) is 4.98 Å². The van der Waals surface area contributed by atoms with Gasteiger partial charge in [-0.05, 0) is 26.0 Å². The van der Waals surface area contributed by atoms with Crippen molar-refractivity contribution >= 4 is 11.7 Å². The molecule has 1 heterocycles. The van der Waals surface area contributed by atoms with Crippen LogP contribution < -0.4 is 5.32 Å². The minimum absolute atomic E-state index is 0.159. The highest BCUT2D eigenvalue weighted by molar-refractivity contribution is 5.70. The van der Waals surface area contributed by atoms with Crippen LogP contribution in [0.4, 0.5) is 5.69 Å². The third kappa shape index (κ3) is 3.69. The van der Waals surface area contributed by atoms with Gasteiger partial charge in [-0.3, -0.25) is 4.79 Å². The number of carboxylic acid groups (broad SMARTS) is 1. The van der Waals surface area contributed by atoms with Crippen LogP contribution in [-0.4, -0.2) is 20.6 Å². The lowest BCUT2D eigenvalue weighted by Gasteiger charge is -2.10. The molecule has 26 heavy (non-hydrogen) atoms. The number of allylic oxidation sites excluding steroid dienone is 2. The number of nitrogens with zero attached hydrogens (tertiary/aromatic N) is 5. The number of nitrogens with one attached hydrogen (secondary N) is 1. The quantitative estimate of drug-likeness (QED) is 0.793. The largest absolute Gasteiger partial charge is 0.480 e. The average Bonchev–Trinajstić information content (AvgIpc) is 2.90. The number of aryl methyl sites for hydroxylation is 1. The summed E-state index contributed by atoms with van der Waals surface area (Å²) in [5, 5.41) is 38.8. The summed E-state index contributed by atoms with van der Waals surface area (Å²) in [5.41, 5.74) is 2.09. The van der Waals surface area contributed by atoms with Crippen LogP contribution in [0.25, 0.3) is 11.4 Å². The highest BCUT2D eigenvalue weighted by Gasteiger charge is 2.16. The zero-order valence-electron chi connectivity index (χ0n) is 14.1. The zero-order chi connectivity index (χ0) is 19.3. The van der Waals surface area contributed by atoms with Crippen molar-refractivity contribution < 1.29 is 9.90 Å². The molecule has 2 rings (SSSR count). The van der Waals surface area contributed by atoms with Gasteiger partial charge in [0.2, 0.25) is 0 Å². The van der Waals surface area contributed by atoms with Crippen molar-refractivity contribution in [1.29, 1.82) is 15.8 Å². The molecule has 0 unspecified atom stereocenters. The molecule has 0 saturated carbocycles. The van der Waals surface area contributed by atoms with Crippen LogP contribution in [0.3, 0.4) is 0 Å². The van der Waals surface area contributed by atoms with Crippen LogP contribution in [0, 0.1) is 47.8 Å². The third-order valence-electron chi connectivity index (χ3n) is 3.73. The van der Waals surface area contributed by atoms with Crippen LogP contribution in [0.5, 0.6) is 0 Å². The molecule has 0 amide bonds. The van der Waals surface area contributed by atoms with Crippen LogP contribution in [0.1, 0.15) is 11.4 Å². The van der Waals surface area contributed by atoms with E-state index >= 15 is 0 Å². The molecular weight excluding hydrogens is 332 g/mol. The Kier molecular flexibility index (Phi) is 5.37. The second-order valence-corrected chi connectivity index (χ2v) is 5.38. The van der Waals surface area contributed by atoms with Gasteiger partial charge in [-0.1, -0.05) is 12.1 Å². The first-order chi connectivity index (χ1) is 12.4. The number of rotatable bonds is 5. The van der Waals surface area contributed by atoms with Gasteiger partial charge in [0.15, 0.2) is 5.57 Å². The molecule has 0 aliphatic carbocycles. The van der Waals surface area contributed by atoms with E-state index in [0.717, 1.165) is 5.69 Å². The van der Waals surface area contributed by atoms with E-state index in [-0.39, 0.29) is 17.8 Å². The van der Waals surface area contributed by atoms with Gasteiger partial charge < -0.3 is 15.0 Å². The molecule has 0 bridgehead atoms. The summed E-state index contributed by atoms with van der Waals surface area (Å²) < 4.78 is 1.59. The minimum Gasteiger partial charge on any atom is -0.480 e. The maximum atomic E-state index is 11.1. The monoisotopic (exact) mass is 346 g/mol. The van der Waals surface area contributed by atoms with Crippen molar-refractivity contribution in [3.8, 4) is 29.6 Å². The lowest BCUT2D eigenvalue weighted by molar-refractivity contribution is -0.137. The summed E-state index contributed by atoms with van der Waals surface area (Å²) in [6, 6.07) is 11.9. The fraction of sp³-hybridized carbons (Fsp3) is 0.167. The lowest BCUT2D eigenvalue weighted by Crippen LogP contribution is -2.11. The molecule has 1 aromatic carbocycles. The van der Waals surface area contributed by atoms with E-state index in [1.165, 1.54) is 0 Å². The van der Waals surface area contributed by atoms with Crippen LogP contribution in [0.2, 0.25) is 0 Å². The van der Waals surface area contributed by atoms with Crippen molar-refractivity contribution in [3.63, 3.8) is 0 Å². The second kappa shape index (κ2) is 7.65. The second-order valence-electron chi connectivity index (χ2n) is 5.38. The number of anilines is 1. The summed E-state index contributed by atoms with van der Waals surface area (Å²) in [6.45, 7) is 3.36. The summed E-state index contributed by atoms with van der Waals surface area (Å²) in [4.78, 5) is 15.6. The molecule has 0 fully saturated rings. The van der Waals surface area contributed by atoms with Crippen molar-refractivity contribution in [1.82, 2.24) is 9.55 Å². The topological polar surface area (TPSA) is 139 Å². The Balaban J connectivity index is 2.49. The van der Waals surface area contributed by atoms with Gasteiger partial charge in [0.05, 0.1) is 5.69 Å². The molecular formula is C18H14N6O2. The van der Waals surface area contributed by atoms with Crippen LogP contribution >= 0.6 is 0 Å². The van der Waals surface area contributed by atoms with E-state index in [1.54, 1.807) is 60.9 Å². The zero-order valence-corrected chi connectivity index (χ0v) is 14.1. The first kappa shape index (κ1) is 18.3. The molecule has 128 valence electrons. The molecule has 0 atom stereocenters. The van der Waals surface area contributed by atoms with Gasteiger partial charge in [0.25, 0.3) is 0 Å². The number of hydrogen-bond donors (Lipinski definition) is 2. The van der Waals surface area contributed by atoms with E-state index in [2.05, 4.69) is 10.3 Å². The van der Waals surface area contributed by atoms with Gasteiger partial charge in [0.1, 0.15) is 36.3 Å². The van der Waals surface area contributed by atoms with E-state index in [0.29, 0.717) is 22.8 Å². The highest BCUT2D eigenvalue weighted by atomic mass is 16.4. The molecule has 8 nitrogen and oxygen atoms in total. The SMILES string of the molecule is Cc1nc(-c2cccc(NC(C#N)=C(C#N)C#N)c2)n(CC(=O)O)c1C. The number of carbonyl (C=O) groups is 1. The molecule has 8 heteroatoms. The number of hydrogen-bond acceptors (Lipinski definition) is 6. The number of nitriles is 3. The fourth-order valence-corrected chi connectivity index (χ4v) is 2.37. The molecule has 0 spiro atoms. The normalized spacial score (nSPS) is 9.50. The number of benzene rings is 1. The Hall–Kier alpha value is -4.09. The number of aliphatic carboxylic acids is 1. The molecule has 2 aromatic rings. The molecule has 1 aromatic heterocycles. The van der Waals surface area contributed by atoms with Gasteiger partial charge in [0, 0.05) is 16.9 Å². The predicted molar refractivity (Wildman–Crippen MR) is 92.3 cm³/mol. The van der Waals surface area contributed by atoms with E-state index in [1.807, 2.05) is 0 Å². The minimum atomic E-state index is -0.983. The van der Waals surface area contributed by atoms with Gasteiger partial charge >= 0.3 is 5.97 Å². The Morgan fingerprint density at radius 2 is 1.92 bits per heavy atom. The Morgan fingerprint density at radius 3 is 2.50 bits per heavy atom. The fourth-order valence-electron chi connectivity index (χ4n) is 2.37. The van der Waals surface area contributed by atoms with Gasteiger partial charge in [-0.2, -0.15) is 15.8 Å².